The number of benzene rings is 4. The van der Waals surface area contributed by atoms with E-state index in [0.717, 1.165) is 39.4 Å². The van der Waals surface area contributed by atoms with Crippen LogP contribution in [0.15, 0.2) is 102 Å². The van der Waals surface area contributed by atoms with Crippen molar-refractivity contribution < 1.29 is 9.47 Å². The monoisotopic (exact) mass is 478 g/mol. The predicted molar refractivity (Wildman–Crippen MR) is 148 cm³/mol. The second-order valence-corrected chi connectivity index (χ2v) is 8.83. The molecular weight excluding hydrogens is 448 g/mol. The van der Waals surface area contributed by atoms with Gasteiger partial charge in [-0.1, -0.05) is 42.5 Å². The molecule has 6 heteroatoms. The predicted octanol–water partition coefficient (Wildman–Crippen LogP) is 6.22. The van der Waals surface area contributed by atoms with Crippen molar-refractivity contribution in [1.29, 1.82) is 0 Å². The van der Waals surface area contributed by atoms with Gasteiger partial charge in [0.05, 0.1) is 5.69 Å². The van der Waals surface area contributed by atoms with Crippen LogP contribution >= 0.6 is 0 Å². The average Bonchev–Trinajstić information content (AvgIpc) is 2.93. The average molecular weight is 479 g/mol. The third kappa shape index (κ3) is 4.22. The van der Waals surface area contributed by atoms with Crippen molar-refractivity contribution in [3.63, 3.8) is 0 Å². The minimum Gasteiger partial charge on any atom is -0.429 e. The van der Waals surface area contributed by atoms with Crippen LogP contribution in [0, 0.1) is 0 Å². The molecule has 1 aliphatic rings. The number of rotatable bonds is 6. The highest BCUT2D eigenvalue weighted by Gasteiger charge is 2.46. The SMILES string of the molecule is CNc1ccc(C2(c3ccc(NC)cc3)OC(=Nc3ccccc3)Oc3cc(N(C)C)ccc32)cc1. The summed E-state index contributed by atoms with van der Waals surface area (Å²) in [6, 6.07) is 32.5. The summed E-state index contributed by atoms with van der Waals surface area (Å²) >= 11 is 0. The molecule has 1 heterocycles. The minimum absolute atomic E-state index is 0.194. The Labute approximate surface area is 212 Å². The number of para-hydroxylation sites is 1. The van der Waals surface area contributed by atoms with Crippen LogP contribution in [-0.2, 0) is 10.3 Å². The summed E-state index contributed by atoms with van der Waals surface area (Å²) in [6.07, 6.45) is 0.194. The van der Waals surface area contributed by atoms with E-state index in [1.807, 2.05) is 64.6 Å². The van der Waals surface area contributed by atoms with Crippen LogP contribution in [0.2, 0.25) is 0 Å². The van der Waals surface area contributed by atoms with Crippen molar-refractivity contribution in [2.45, 2.75) is 5.60 Å². The van der Waals surface area contributed by atoms with Crippen molar-refractivity contribution in [2.75, 3.05) is 43.7 Å². The largest absolute Gasteiger partial charge is 0.429 e. The lowest BCUT2D eigenvalue weighted by Gasteiger charge is -2.40. The Hall–Kier alpha value is -4.45. The van der Waals surface area contributed by atoms with E-state index in [-0.39, 0.29) is 6.08 Å². The second kappa shape index (κ2) is 9.66. The van der Waals surface area contributed by atoms with Gasteiger partial charge in [0.2, 0.25) is 0 Å². The van der Waals surface area contributed by atoms with Crippen molar-refractivity contribution >= 4 is 28.8 Å². The summed E-state index contributed by atoms with van der Waals surface area (Å²) in [7, 11) is 7.85. The molecule has 0 spiro atoms. The van der Waals surface area contributed by atoms with E-state index in [9.17, 15) is 0 Å². The first-order valence-corrected chi connectivity index (χ1v) is 11.9. The molecule has 0 bridgehead atoms. The zero-order valence-corrected chi connectivity index (χ0v) is 20.9. The summed E-state index contributed by atoms with van der Waals surface area (Å²) in [5.74, 6) is 0.706. The first-order chi connectivity index (χ1) is 17.5. The molecule has 0 aromatic heterocycles. The Morgan fingerprint density at radius 1 is 0.722 bits per heavy atom. The number of hydrogen-bond donors (Lipinski definition) is 2. The lowest BCUT2D eigenvalue weighted by Crippen LogP contribution is -2.41. The summed E-state index contributed by atoms with van der Waals surface area (Å²) in [5, 5.41) is 6.40. The van der Waals surface area contributed by atoms with E-state index in [4.69, 9.17) is 14.5 Å². The summed E-state index contributed by atoms with van der Waals surface area (Å²) < 4.78 is 13.1. The Morgan fingerprint density at radius 2 is 1.31 bits per heavy atom. The number of nitrogens with zero attached hydrogens (tertiary/aromatic N) is 2. The maximum atomic E-state index is 6.80. The summed E-state index contributed by atoms with van der Waals surface area (Å²) in [5.41, 5.74) is 5.72. The van der Waals surface area contributed by atoms with Crippen molar-refractivity contribution in [2.24, 2.45) is 4.99 Å². The maximum Gasteiger partial charge on any atom is 0.396 e. The number of ether oxygens (including phenoxy) is 2. The summed E-state index contributed by atoms with van der Waals surface area (Å²) in [4.78, 5) is 6.79. The molecular formula is C30H30N4O2. The molecule has 0 aliphatic carbocycles. The standard InChI is InChI=1S/C30H30N4O2/c1-31-23-14-10-21(11-15-23)30(22-12-16-24(32-2)17-13-22)27-19-18-26(34(3)4)20-28(27)35-29(36-30)33-25-8-6-5-7-9-25/h5-20,31-32H,1-4H3. The van der Waals surface area contributed by atoms with Gasteiger partial charge in [-0.25, -0.2) is 0 Å². The first-order valence-electron chi connectivity index (χ1n) is 11.9. The number of hydrogen-bond acceptors (Lipinski definition) is 6. The molecule has 0 fully saturated rings. The van der Waals surface area contributed by atoms with Crippen LogP contribution in [0.25, 0.3) is 0 Å². The molecule has 5 rings (SSSR count). The number of nitrogens with one attached hydrogen (secondary N) is 2. The quantitative estimate of drug-likeness (QED) is 0.344. The van der Waals surface area contributed by atoms with Gasteiger partial charge in [-0.15, -0.1) is 0 Å². The van der Waals surface area contributed by atoms with E-state index in [0.29, 0.717) is 5.75 Å². The van der Waals surface area contributed by atoms with Crippen molar-refractivity contribution in [3.8, 4) is 5.75 Å². The van der Waals surface area contributed by atoms with Crippen molar-refractivity contribution in [1.82, 2.24) is 0 Å². The third-order valence-electron chi connectivity index (χ3n) is 6.44. The molecule has 0 amide bonds. The fourth-order valence-corrected chi connectivity index (χ4v) is 4.46. The molecule has 0 radical (unpaired) electrons. The van der Waals surface area contributed by atoms with Crippen molar-refractivity contribution in [3.05, 3.63) is 114 Å². The van der Waals surface area contributed by atoms with Crippen LogP contribution < -0.4 is 20.3 Å². The zero-order valence-electron chi connectivity index (χ0n) is 20.9. The van der Waals surface area contributed by atoms with E-state index in [1.54, 1.807) is 0 Å². The van der Waals surface area contributed by atoms with E-state index >= 15 is 0 Å². The maximum absolute atomic E-state index is 6.80. The van der Waals surface area contributed by atoms with Crippen LogP contribution in [0.1, 0.15) is 16.7 Å². The Morgan fingerprint density at radius 3 is 1.83 bits per heavy atom. The van der Waals surface area contributed by atoms with Gasteiger partial charge in [0.1, 0.15) is 5.75 Å². The fraction of sp³-hybridized carbons (Fsp3) is 0.167. The van der Waals surface area contributed by atoms with Gasteiger partial charge in [0.15, 0.2) is 5.60 Å². The summed E-state index contributed by atoms with van der Waals surface area (Å²) in [6.45, 7) is 0. The zero-order chi connectivity index (χ0) is 25.1. The van der Waals surface area contributed by atoms with Crippen LogP contribution in [0.4, 0.5) is 22.7 Å². The molecule has 0 atom stereocenters. The lowest BCUT2D eigenvalue weighted by atomic mass is 9.79. The molecule has 4 aromatic rings. The highest BCUT2D eigenvalue weighted by atomic mass is 16.7. The van der Waals surface area contributed by atoms with Gasteiger partial charge in [-0.05, 0) is 48.5 Å². The van der Waals surface area contributed by atoms with Crippen LogP contribution in [0.5, 0.6) is 5.75 Å². The highest BCUT2D eigenvalue weighted by Crippen LogP contribution is 2.49. The molecule has 36 heavy (non-hydrogen) atoms. The lowest BCUT2D eigenvalue weighted by molar-refractivity contribution is 0.0831. The van der Waals surface area contributed by atoms with Gasteiger partial charge < -0.3 is 25.0 Å². The number of anilines is 3. The molecule has 0 saturated heterocycles. The number of aliphatic imine (C=N–C) groups is 1. The number of fused-ring (bicyclic) bond motifs is 1. The van der Waals surface area contributed by atoms with Crippen LogP contribution in [0.3, 0.4) is 0 Å². The Balaban J connectivity index is 1.78. The van der Waals surface area contributed by atoms with Gasteiger partial charge in [0.25, 0.3) is 0 Å². The van der Waals surface area contributed by atoms with Gasteiger partial charge >= 0.3 is 6.08 Å². The molecule has 6 nitrogen and oxygen atoms in total. The van der Waals surface area contributed by atoms with Gasteiger partial charge in [0, 0.05) is 68.0 Å². The molecule has 0 unspecified atom stereocenters. The highest BCUT2D eigenvalue weighted by molar-refractivity contribution is 5.80. The van der Waals surface area contributed by atoms with Gasteiger partial charge in [-0.3, -0.25) is 0 Å². The smallest absolute Gasteiger partial charge is 0.396 e. The Bertz CT molecular complexity index is 1320. The normalized spacial score (nSPS) is 14.8. The molecule has 2 N–H and O–H groups in total. The molecule has 1 aliphatic heterocycles. The Kier molecular flexibility index (Phi) is 6.25. The van der Waals surface area contributed by atoms with Gasteiger partial charge in [-0.2, -0.15) is 4.99 Å². The minimum atomic E-state index is -0.968. The second-order valence-electron chi connectivity index (χ2n) is 8.83. The third-order valence-corrected chi connectivity index (χ3v) is 6.44. The van der Waals surface area contributed by atoms with Crippen LogP contribution in [-0.4, -0.2) is 34.3 Å². The molecule has 182 valence electrons. The van der Waals surface area contributed by atoms with E-state index < -0.39 is 5.60 Å². The van der Waals surface area contributed by atoms with E-state index in [2.05, 4.69) is 76.2 Å². The molecule has 0 saturated carbocycles. The molecule has 4 aromatic carbocycles. The van der Waals surface area contributed by atoms with E-state index in [1.165, 1.54) is 0 Å². The topological polar surface area (TPSA) is 58.1 Å². The fourth-order valence-electron chi connectivity index (χ4n) is 4.46. The first kappa shape index (κ1) is 23.3.